The standard InChI is InChI=1S/C30H45N3O9/c1-16-12-20-25(32-10-11-34)22(35)15-21(27(20)37)33-29(38)17(2)8-7-9-23(40-5)28(42-30(31)39)19(4)14-18(3)26(36)24(13-16)41-6/h8,14-16,18,23-24,26,28,32,34,36H,7,9-13H2,1-6H3,(H2,31,39)(H,33,38)/b17-8-,19-14?/t16-,18+,23+,24+,26-,28+/m1/s1. The van der Waals surface area contributed by atoms with E-state index in [9.17, 15) is 29.4 Å². The zero-order valence-electron chi connectivity index (χ0n) is 25.3. The van der Waals surface area contributed by atoms with Gasteiger partial charge in [-0.3, -0.25) is 14.4 Å². The number of methoxy groups -OCH3 is 2. The van der Waals surface area contributed by atoms with Crippen LogP contribution in [0.4, 0.5) is 4.79 Å². The van der Waals surface area contributed by atoms with Crippen LogP contribution < -0.4 is 16.4 Å². The molecule has 2 rings (SSSR count). The van der Waals surface area contributed by atoms with E-state index in [0.29, 0.717) is 30.4 Å². The molecule has 1 aliphatic heterocycles. The molecular weight excluding hydrogens is 546 g/mol. The normalized spacial score (nSPS) is 30.1. The van der Waals surface area contributed by atoms with Crippen molar-refractivity contribution in [2.75, 3.05) is 27.4 Å². The van der Waals surface area contributed by atoms with Crippen molar-refractivity contribution in [1.29, 1.82) is 0 Å². The number of aliphatic hydroxyl groups excluding tert-OH is 2. The van der Waals surface area contributed by atoms with E-state index < -0.39 is 53.9 Å². The van der Waals surface area contributed by atoms with Crippen LogP contribution in [0.2, 0.25) is 0 Å². The molecule has 2 aliphatic rings. The quantitative estimate of drug-likeness (QED) is 0.224. The first-order valence-electron chi connectivity index (χ1n) is 14.1. The van der Waals surface area contributed by atoms with Gasteiger partial charge in [-0.2, -0.15) is 0 Å². The Labute approximate surface area is 247 Å². The van der Waals surface area contributed by atoms with Crippen LogP contribution in [0.1, 0.15) is 53.4 Å². The molecule has 0 saturated carbocycles. The molecule has 0 fully saturated rings. The van der Waals surface area contributed by atoms with Crippen molar-refractivity contribution in [3.63, 3.8) is 0 Å². The molecule has 0 radical (unpaired) electrons. The molecule has 1 aliphatic carbocycles. The van der Waals surface area contributed by atoms with Crippen LogP contribution >= 0.6 is 0 Å². The molecule has 0 aromatic rings. The first kappa shape index (κ1) is 34.9. The summed E-state index contributed by atoms with van der Waals surface area (Å²) in [4.78, 5) is 51.2. The minimum absolute atomic E-state index is 0.0646. The van der Waals surface area contributed by atoms with Crippen LogP contribution in [0.3, 0.4) is 0 Å². The van der Waals surface area contributed by atoms with Gasteiger partial charge < -0.3 is 40.8 Å². The van der Waals surface area contributed by atoms with Gasteiger partial charge >= 0.3 is 6.09 Å². The second-order valence-electron chi connectivity index (χ2n) is 10.9. The third-order valence-corrected chi connectivity index (χ3v) is 7.53. The predicted octanol–water partition coefficient (Wildman–Crippen LogP) is 1.57. The predicted molar refractivity (Wildman–Crippen MR) is 155 cm³/mol. The molecule has 2 bridgehead atoms. The number of fused-ring (bicyclic) bond motifs is 2. The monoisotopic (exact) mass is 591 g/mol. The van der Waals surface area contributed by atoms with Crippen molar-refractivity contribution >= 4 is 23.6 Å². The van der Waals surface area contributed by atoms with Gasteiger partial charge in [0.1, 0.15) is 0 Å². The summed E-state index contributed by atoms with van der Waals surface area (Å²) < 4.78 is 16.7. The van der Waals surface area contributed by atoms with Gasteiger partial charge in [-0.15, -0.1) is 0 Å². The number of Topliss-reactive ketones (excluding diaryl/α,β-unsaturated/α-hetero) is 1. The molecule has 12 heteroatoms. The highest BCUT2D eigenvalue weighted by atomic mass is 16.6. The zero-order chi connectivity index (χ0) is 31.6. The van der Waals surface area contributed by atoms with Gasteiger partial charge in [0.25, 0.3) is 5.91 Å². The molecular formula is C30H45N3O9. The minimum atomic E-state index is -0.975. The lowest BCUT2D eigenvalue weighted by Gasteiger charge is -2.30. The summed E-state index contributed by atoms with van der Waals surface area (Å²) in [7, 11) is 2.95. The fourth-order valence-electron chi connectivity index (χ4n) is 5.26. The smallest absolute Gasteiger partial charge is 0.405 e. The lowest BCUT2D eigenvalue weighted by molar-refractivity contribution is -0.120. The first-order chi connectivity index (χ1) is 19.8. The van der Waals surface area contributed by atoms with E-state index in [1.54, 1.807) is 32.9 Å². The van der Waals surface area contributed by atoms with Crippen LogP contribution in [0.5, 0.6) is 0 Å². The number of hydrogen-bond donors (Lipinski definition) is 5. The highest BCUT2D eigenvalue weighted by molar-refractivity contribution is 6.23. The number of carbonyl (C=O) groups is 4. The second kappa shape index (κ2) is 16.4. The Hall–Kier alpha value is -3.32. The van der Waals surface area contributed by atoms with Crippen molar-refractivity contribution in [3.05, 3.63) is 46.3 Å². The largest absolute Gasteiger partial charge is 0.439 e. The third kappa shape index (κ3) is 9.35. The number of nitrogens with two attached hydrogens (primary N) is 1. The van der Waals surface area contributed by atoms with Crippen molar-refractivity contribution in [2.45, 2.75) is 77.8 Å². The Morgan fingerprint density at radius 3 is 2.40 bits per heavy atom. The Bertz CT molecular complexity index is 1140. The van der Waals surface area contributed by atoms with Gasteiger partial charge in [-0.1, -0.05) is 26.0 Å². The summed E-state index contributed by atoms with van der Waals surface area (Å²) in [6.45, 7) is 6.83. The maximum atomic E-state index is 13.5. The summed E-state index contributed by atoms with van der Waals surface area (Å²) in [5, 5.41) is 25.9. The number of allylic oxidation sites excluding steroid dienone is 3. The molecule has 6 atom stereocenters. The van der Waals surface area contributed by atoms with E-state index in [0.717, 1.165) is 6.08 Å². The van der Waals surface area contributed by atoms with Crippen molar-refractivity contribution < 1.29 is 43.6 Å². The number of nitrogens with one attached hydrogen (secondary N) is 2. The molecule has 0 spiro atoms. The highest BCUT2D eigenvalue weighted by Gasteiger charge is 2.33. The Balaban J connectivity index is 2.56. The zero-order valence-corrected chi connectivity index (χ0v) is 25.3. The number of carbonyl (C=O) groups excluding carboxylic acids is 4. The molecule has 42 heavy (non-hydrogen) atoms. The number of rotatable bonds is 6. The van der Waals surface area contributed by atoms with Crippen LogP contribution in [0, 0.1) is 11.8 Å². The van der Waals surface area contributed by atoms with Crippen molar-refractivity contribution in [3.8, 4) is 0 Å². The second-order valence-corrected chi connectivity index (χ2v) is 10.9. The average Bonchev–Trinajstić information content (AvgIpc) is 2.94. The summed E-state index contributed by atoms with van der Waals surface area (Å²) in [6, 6.07) is 0. The van der Waals surface area contributed by atoms with E-state index in [2.05, 4.69) is 10.6 Å². The third-order valence-electron chi connectivity index (χ3n) is 7.53. The lowest BCUT2D eigenvalue weighted by Crippen LogP contribution is -2.38. The highest BCUT2D eigenvalue weighted by Crippen LogP contribution is 2.29. The van der Waals surface area contributed by atoms with Crippen molar-refractivity contribution in [2.24, 2.45) is 17.6 Å². The molecule has 0 saturated heterocycles. The fourth-order valence-corrected chi connectivity index (χ4v) is 5.26. The topological polar surface area (TPSA) is 187 Å². The molecule has 2 amide bonds. The molecule has 12 nitrogen and oxygen atoms in total. The van der Waals surface area contributed by atoms with E-state index in [-0.39, 0.29) is 42.5 Å². The first-order valence-corrected chi connectivity index (χ1v) is 14.1. The van der Waals surface area contributed by atoms with Gasteiger partial charge in [-0.05, 0) is 51.0 Å². The van der Waals surface area contributed by atoms with E-state index in [1.165, 1.54) is 14.2 Å². The van der Waals surface area contributed by atoms with Gasteiger partial charge in [0, 0.05) is 43.9 Å². The van der Waals surface area contributed by atoms with E-state index >= 15 is 0 Å². The molecule has 234 valence electrons. The number of amides is 2. The summed E-state index contributed by atoms with van der Waals surface area (Å²) in [5.41, 5.74) is 6.40. The number of hydrogen-bond acceptors (Lipinski definition) is 10. The average molecular weight is 592 g/mol. The number of primary amides is 1. The molecule has 0 unspecified atom stereocenters. The van der Waals surface area contributed by atoms with Crippen LogP contribution in [0.25, 0.3) is 0 Å². The molecule has 1 heterocycles. The van der Waals surface area contributed by atoms with Gasteiger partial charge in [0.2, 0.25) is 11.6 Å². The van der Waals surface area contributed by atoms with E-state index in [4.69, 9.17) is 19.9 Å². The Morgan fingerprint density at radius 1 is 1.14 bits per heavy atom. The number of aliphatic hydroxyl groups is 2. The van der Waals surface area contributed by atoms with Gasteiger partial charge in [0.15, 0.2) is 6.10 Å². The Kier molecular flexibility index (Phi) is 13.6. The Morgan fingerprint density at radius 2 is 1.81 bits per heavy atom. The number of ether oxygens (including phenoxy) is 3. The summed E-state index contributed by atoms with van der Waals surface area (Å²) in [6.07, 6.45) is 1.70. The van der Waals surface area contributed by atoms with Crippen LogP contribution in [-0.4, -0.2) is 85.6 Å². The molecule has 0 aromatic carbocycles. The molecule has 0 aromatic heterocycles. The summed E-state index contributed by atoms with van der Waals surface area (Å²) in [5.74, 6) is -2.21. The minimum Gasteiger partial charge on any atom is -0.439 e. The van der Waals surface area contributed by atoms with Crippen LogP contribution in [0.15, 0.2) is 46.3 Å². The SMILES string of the molecule is CO[C@H]1C[C@H](C)CC2=C(NCCO)C(=O)C=C(NC(=O)/C(C)=C\CC[C@H](OC)[C@@H](OC(N)=O)C(C)=C[C@H](C)[C@H]1O)C2=O. The fraction of sp³-hybridized carbons (Fsp3) is 0.600. The maximum absolute atomic E-state index is 13.5. The number of ketones is 2. The van der Waals surface area contributed by atoms with E-state index in [1.807, 2.05) is 6.92 Å². The lowest BCUT2D eigenvalue weighted by atomic mass is 9.85. The van der Waals surface area contributed by atoms with Gasteiger partial charge in [0.05, 0.1) is 36.3 Å². The molecule has 6 N–H and O–H groups in total. The van der Waals surface area contributed by atoms with Crippen molar-refractivity contribution in [1.82, 2.24) is 10.6 Å². The van der Waals surface area contributed by atoms with Crippen LogP contribution in [-0.2, 0) is 28.6 Å². The maximum Gasteiger partial charge on any atom is 0.405 e. The van der Waals surface area contributed by atoms with Gasteiger partial charge in [-0.25, -0.2) is 4.79 Å². The summed E-state index contributed by atoms with van der Waals surface area (Å²) >= 11 is 0.